The second-order valence-corrected chi connectivity index (χ2v) is 3.16. The highest BCUT2D eigenvalue weighted by molar-refractivity contribution is 6.14. The van der Waals surface area contributed by atoms with E-state index in [0.717, 1.165) is 31.7 Å². The largest absolute Gasteiger partial charge is 0.354 e. The van der Waals surface area contributed by atoms with E-state index in [4.69, 9.17) is 5.41 Å². The number of rotatable bonds is 3. The molecule has 4 heteroatoms. The molecule has 1 aliphatic heterocycles. The molecule has 1 heterocycles. The standard InChI is InChI=1S/C9H16N4/c1-8-7-13(6-5-11-8)9(2)12-4-3-10/h3-4,8,10-11H,2,5-7H2,1H3. The molecule has 0 saturated carbocycles. The first-order chi connectivity index (χ1) is 6.24. The van der Waals surface area contributed by atoms with Crippen molar-refractivity contribution in [3.63, 3.8) is 0 Å². The number of aliphatic imine (C=N–C) groups is 1. The van der Waals surface area contributed by atoms with Crippen molar-refractivity contribution in [2.75, 3.05) is 19.6 Å². The molecule has 0 amide bonds. The zero-order valence-electron chi connectivity index (χ0n) is 7.95. The lowest BCUT2D eigenvalue weighted by atomic mass is 10.2. The van der Waals surface area contributed by atoms with Gasteiger partial charge in [-0.15, -0.1) is 0 Å². The van der Waals surface area contributed by atoms with Crippen molar-refractivity contribution in [2.24, 2.45) is 4.99 Å². The first-order valence-corrected chi connectivity index (χ1v) is 4.44. The van der Waals surface area contributed by atoms with Crippen LogP contribution in [-0.2, 0) is 0 Å². The molecule has 13 heavy (non-hydrogen) atoms. The Morgan fingerprint density at radius 3 is 3.15 bits per heavy atom. The van der Waals surface area contributed by atoms with E-state index in [1.807, 2.05) is 0 Å². The highest BCUT2D eigenvalue weighted by Crippen LogP contribution is 2.06. The fraction of sp³-hybridized carbons (Fsp3) is 0.556. The minimum Gasteiger partial charge on any atom is -0.354 e. The molecule has 0 aromatic carbocycles. The van der Waals surface area contributed by atoms with E-state index < -0.39 is 0 Å². The molecule has 2 N–H and O–H groups in total. The lowest BCUT2D eigenvalue weighted by molar-refractivity contribution is 0.255. The summed E-state index contributed by atoms with van der Waals surface area (Å²) in [5.74, 6) is 0.747. The fourth-order valence-corrected chi connectivity index (χ4v) is 1.37. The highest BCUT2D eigenvalue weighted by atomic mass is 15.3. The molecule has 0 aromatic rings. The summed E-state index contributed by atoms with van der Waals surface area (Å²) in [5, 5.41) is 10.1. The van der Waals surface area contributed by atoms with Crippen LogP contribution in [0.25, 0.3) is 0 Å². The molecule has 0 spiro atoms. The van der Waals surface area contributed by atoms with Crippen molar-refractivity contribution >= 4 is 12.4 Å². The summed E-state index contributed by atoms with van der Waals surface area (Å²) >= 11 is 0. The number of piperazine rings is 1. The van der Waals surface area contributed by atoms with Crippen LogP contribution in [0.5, 0.6) is 0 Å². The first-order valence-electron chi connectivity index (χ1n) is 4.44. The van der Waals surface area contributed by atoms with Crippen molar-refractivity contribution in [1.29, 1.82) is 5.41 Å². The molecule has 1 saturated heterocycles. The minimum atomic E-state index is 0.487. The number of nitrogens with one attached hydrogen (secondary N) is 2. The molecule has 1 fully saturated rings. The van der Waals surface area contributed by atoms with Crippen LogP contribution in [0, 0.1) is 5.41 Å². The van der Waals surface area contributed by atoms with Crippen molar-refractivity contribution in [3.05, 3.63) is 12.4 Å². The summed E-state index contributed by atoms with van der Waals surface area (Å²) < 4.78 is 0. The predicted molar refractivity (Wildman–Crippen MR) is 55.5 cm³/mol. The van der Waals surface area contributed by atoms with Crippen LogP contribution in [0.1, 0.15) is 6.92 Å². The molecule has 0 aromatic heterocycles. The van der Waals surface area contributed by atoms with Gasteiger partial charge in [0, 0.05) is 38.1 Å². The molecule has 4 nitrogen and oxygen atoms in total. The van der Waals surface area contributed by atoms with Crippen LogP contribution in [0.4, 0.5) is 0 Å². The van der Waals surface area contributed by atoms with Gasteiger partial charge in [-0.3, -0.25) is 0 Å². The van der Waals surface area contributed by atoms with Crippen LogP contribution in [-0.4, -0.2) is 43.0 Å². The van der Waals surface area contributed by atoms with Gasteiger partial charge in [-0.2, -0.15) is 0 Å². The summed E-state index contributed by atoms with van der Waals surface area (Å²) in [6.07, 6.45) is 2.62. The smallest absolute Gasteiger partial charge is 0.121 e. The number of hydrogen-bond acceptors (Lipinski definition) is 4. The van der Waals surface area contributed by atoms with Crippen LogP contribution in [0.3, 0.4) is 0 Å². The van der Waals surface area contributed by atoms with Crippen molar-refractivity contribution < 1.29 is 0 Å². The Hall–Kier alpha value is -1.16. The van der Waals surface area contributed by atoms with Gasteiger partial charge >= 0.3 is 0 Å². The second-order valence-electron chi connectivity index (χ2n) is 3.16. The Morgan fingerprint density at radius 1 is 1.77 bits per heavy atom. The highest BCUT2D eigenvalue weighted by Gasteiger charge is 2.15. The second kappa shape index (κ2) is 4.77. The van der Waals surface area contributed by atoms with Crippen LogP contribution < -0.4 is 5.32 Å². The number of hydrogen-bond donors (Lipinski definition) is 2. The molecule has 0 bridgehead atoms. The molecule has 1 aliphatic rings. The Morgan fingerprint density at radius 2 is 2.54 bits per heavy atom. The Labute approximate surface area is 78.9 Å². The van der Waals surface area contributed by atoms with E-state index in [2.05, 4.69) is 28.7 Å². The van der Waals surface area contributed by atoms with E-state index in [1.165, 1.54) is 6.21 Å². The zero-order valence-corrected chi connectivity index (χ0v) is 7.95. The van der Waals surface area contributed by atoms with Gasteiger partial charge in [0.2, 0.25) is 0 Å². The van der Waals surface area contributed by atoms with Gasteiger partial charge < -0.3 is 15.6 Å². The van der Waals surface area contributed by atoms with E-state index in [1.54, 1.807) is 0 Å². The lowest BCUT2D eigenvalue weighted by Gasteiger charge is -2.32. The fourth-order valence-electron chi connectivity index (χ4n) is 1.37. The monoisotopic (exact) mass is 180 g/mol. The van der Waals surface area contributed by atoms with Gasteiger partial charge in [0.15, 0.2) is 0 Å². The Balaban J connectivity index is 2.46. The average Bonchev–Trinajstić information content (AvgIpc) is 2.14. The number of nitrogens with zero attached hydrogens (tertiary/aromatic N) is 2. The van der Waals surface area contributed by atoms with Crippen molar-refractivity contribution in [1.82, 2.24) is 10.2 Å². The van der Waals surface area contributed by atoms with Crippen LogP contribution in [0.15, 0.2) is 17.4 Å². The minimum absolute atomic E-state index is 0.487. The maximum absolute atomic E-state index is 6.80. The van der Waals surface area contributed by atoms with E-state index in [-0.39, 0.29) is 0 Å². The van der Waals surface area contributed by atoms with Crippen molar-refractivity contribution in [2.45, 2.75) is 13.0 Å². The van der Waals surface area contributed by atoms with Gasteiger partial charge in [0.1, 0.15) is 5.82 Å². The molecule has 1 atom stereocenters. The van der Waals surface area contributed by atoms with E-state index in [0.29, 0.717) is 6.04 Å². The summed E-state index contributed by atoms with van der Waals surface area (Å²) in [5.41, 5.74) is 0. The SMILES string of the molecule is C=C(N=CC=N)N1CCNC(C)C1. The lowest BCUT2D eigenvalue weighted by Crippen LogP contribution is -2.48. The predicted octanol–water partition coefficient (Wildman–Crippen LogP) is 0.472. The molecule has 0 aliphatic carbocycles. The van der Waals surface area contributed by atoms with Gasteiger partial charge in [-0.25, -0.2) is 4.99 Å². The third kappa shape index (κ3) is 2.99. The Bertz CT molecular complexity index is 222. The average molecular weight is 180 g/mol. The molecule has 1 rings (SSSR count). The maximum Gasteiger partial charge on any atom is 0.121 e. The van der Waals surface area contributed by atoms with Crippen LogP contribution in [0.2, 0.25) is 0 Å². The van der Waals surface area contributed by atoms with Crippen molar-refractivity contribution in [3.8, 4) is 0 Å². The zero-order chi connectivity index (χ0) is 9.68. The van der Waals surface area contributed by atoms with Gasteiger partial charge in [0.05, 0.1) is 0 Å². The topological polar surface area (TPSA) is 51.5 Å². The van der Waals surface area contributed by atoms with Crippen LogP contribution >= 0.6 is 0 Å². The first kappa shape index (κ1) is 9.92. The van der Waals surface area contributed by atoms with Gasteiger partial charge in [-0.1, -0.05) is 6.58 Å². The van der Waals surface area contributed by atoms with Gasteiger partial charge in [-0.05, 0) is 6.92 Å². The third-order valence-electron chi connectivity index (χ3n) is 2.03. The molecular weight excluding hydrogens is 164 g/mol. The molecule has 0 radical (unpaired) electrons. The van der Waals surface area contributed by atoms with Gasteiger partial charge in [0.25, 0.3) is 0 Å². The maximum atomic E-state index is 6.80. The van der Waals surface area contributed by atoms with E-state index in [9.17, 15) is 0 Å². The Kier molecular flexibility index (Phi) is 3.64. The summed E-state index contributed by atoms with van der Waals surface area (Å²) in [6.45, 7) is 8.84. The summed E-state index contributed by atoms with van der Waals surface area (Å²) in [4.78, 5) is 6.16. The third-order valence-corrected chi connectivity index (χ3v) is 2.03. The molecular formula is C9H16N4. The summed E-state index contributed by atoms with van der Waals surface area (Å²) in [7, 11) is 0. The quantitative estimate of drug-likeness (QED) is 0.620. The van der Waals surface area contributed by atoms with E-state index >= 15 is 0 Å². The summed E-state index contributed by atoms with van der Waals surface area (Å²) in [6, 6.07) is 0.487. The molecule has 1 unspecified atom stereocenters. The molecule has 72 valence electrons. The normalized spacial score (nSPS) is 23.5.